The minimum atomic E-state index is -1.77. The molecule has 1 saturated heterocycles. The predicted molar refractivity (Wildman–Crippen MR) is 104 cm³/mol. The number of esters is 2. The van der Waals surface area contributed by atoms with E-state index in [-0.39, 0.29) is 6.61 Å². The van der Waals surface area contributed by atoms with Crippen LogP contribution in [0.4, 0.5) is 0 Å². The average molecular weight is 416 g/mol. The third kappa shape index (κ3) is 5.03. The van der Waals surface area contributed by atoms with Gasteiger partial charge in [-0.3, -0.25) is 4.79 Å². The van der Waals surface area contributed by atoms with Crippen LogP contribution in [0, 0.1) is 0 Å². The zero-order chi connectivity index (χ0) is 21.7. The van der Waals surface area contributed by atoms with Crippen LogP contribution in [0.5, 0.6) is 0 Å². The van der Waals surface area contributed by atoms with Crippen molar-refractivity contribution in [2.75, 3.05) is 0 Å². The number of aliphatic hydroxyl groups excluding tert-OH is 3. The summed E-state index contributed by atoms with van der Waals surface area (Å²) in [6.45, 7) is 1.55. The molecule has 3 rings (SSSR count). The number of ether oxygens (including phenoxy) is 3. The Kier molecular flexibility index (Phi) is 7.17. The lowest BCUT2D eigenvalue weighted by atomic mass is 9.98. The maximum absolute atomic E-state index is 12.5. The second-order valence-electron chi connectivity index (χ2n) is 7.06. The molecule has 0 unspecified atom stereocenters. The van der Waals surface area contributed by atoms with Crippen molar-refractivity contribution in [3.63, 3.8) is 0 Å². The maximum atomic E-state index is 12.5. The normalized spacial score (nSPS) is 27.1. The molecular formula is C22H24O8. The van der Waals surface area contributed by atoms with Crippen molar-refractivity contribution in [1.29, 1.82) is 0 Å². The molecule has 0 bridgehead atoms. The van der Waals surface area contributed by atoms with Crippen molar-refractivity contribution >= 4 is 11.9 Å². The second kappa shape index (κ2) is 9.82. The van der Waals surface area contributed by atoms with Gasteiger partial charge in [0, 0.05) is 0 Å². The molecule has 30 heavy (non-hydrogen) atoms. The lowest BCUT2D eigenvalue weighted by Gasteiger charge is -2.38. The number of benzene rings is 2. The molecule has 0 aliphatic carbocycles. The fourth-order valence-corrected chi connectivity index (χ4v) is 3.05. The van der Waals surface area contributed by atoms with E-state index in [1.807, 2.05) is 6.07 Å². The van der Waals surface area contributed by atoms with E-state index in [9.17, 15) is 24.9 Å². The van der Waals surface area contributed by atoms with Crippen LogP contribution in [0.1, 0.15) is 24.0 Å². The van der Waals surface area contributed by atoms with Gasteiger partial charge in [0.15, 0.2) is 6.10 Å². The summed E-state index contributed by atoms with van der Waals surface area (Å²) in [7, 11) is 0. The lowest BCUT2D eigenvalue weighted by molar-refractivity contribution is -0.288. The van der Waals surface area contributed by atoms with E-state index in [1.165, 1.54) is 0 Å². The van der Waals surface area contributed by atoms with Crippen molar-refractivity contribution < 1.29 is 39.1 Å². The van der Waals surface area contributed by atoms with Gasteiger partial charge in [-0.2, -0.15) is 0 Å². The smallest absolute Gasteiger partial charge is 0.338 e. The zero-order valence-corrected chi connectivity index (χ0v) is 16.3. The highest BCUT2D eigenvalue weighted by atomic mass is 16.7. The predicted octanol–water partition coefficient (Wildman–Crippen LogP) is 0.884. The minimum absolute atomic E-state index is 0.0690. The van der Waals surface area contributed by atoms with E-state index < -0.39 is 48.6 Å². The van der Waals surface area contributed by atoms with Crippen LogP contribution < -0.4 is 0 Å². The van der Waals surface area contributed by atoms with Gasteiger partial charge in [0.05, 0.1) is 5.92 Å². The van der Waals surface area contributed by atoms with Crippen LogP contribution in [-0.2, 0) is 30.4 Å². The lowest BCUT2D eigenvalue weighted by Crippen LogP contribution is -2.61. The molecule has 3 N–H and O–H groups in total. The highest BCUT2D eigenvalue weighted by molar-refractivity contribution is 5.78. The maximum Gasteiger partial charge on any atom is 0.338 e. The van der Waals surface area contributed by atoms with Gasteiger partial charge >= 0.3 is 11.9 Å². The first-order valence-electron chi connectivity index (χ1n) is 9.54. The molecule has 2 aromatic carbocycles. The van der Waals surface area contributed by atoms with Gasteiger partial charge in [-0.25, -0.2) is 4.79 Å². The largest absolute Gasteiger partial charge is 0.459 e. The zero-order valence-electron chi connectivity index (χ0n) is 16.3. The molecule has 2 aromatic rings. The number of hydrogen-bond donors (Lipinski definition) is 3. The quantitative estimate of drug-likeness (QED) is 0.594. The molecule has 6 atom stereocenters. The van der Waals surface area contributed by atoms with Gasteiger partial charge in [-0.15, -0.1) is 0 Å². The Hall–Kier alpha value is -2.78. The van der Waals surface area contributed by atoms with E-state index >= 15 is 0 Å². The van der Waals surface area contributed by atoms with E-state index in [1.54, 1.807) is 61.5 Å². The first-order valence-corrected chi connectivity index (χ1v) is 9.54. The highest BCUT2D eigenvalue weighted by Crippen LogP contribution is 2.26. The summed E-state index contributed by atoms with van der Waals surface area (Å²) in [4.78, 5) is 24.8. The minimum Gasteiger partial charge on any atom is -0.459 e. The van der Waals surface area contributed by atoms with Crippen LogP contribution in [0.2, 0.25) is 0 Å². The van der Waals surface area contributed by atoms with Crippen molar-refractivity contribution in [2.45, 2.75) is 50.2 Å². The standard InChI is InChI=1S/C22H24O8/c1-13(15-10-6-3-7-11-15)20(26)30-22-18(25)16(23)17(24)19(29-22)21(27)28-12-14-8-4-2-5-9-14/h2-11,13,16-19,22-25H,12H2,1H3/t13-,16-,17-,18+,19-,22-/m0/s1. The molecule has 1 aliphatic heterocycles. The van der Waals surface area contributed by atoms with Gasteiger partial charge in [-0.1, -0.05) is 60.7 Å². The van der Waals surface area contributed by atoms with Crippen molar-refractivity contribution in [3.8, 4) is 0 Å². The molecule has 0 spiro atoms. The Morgan fingerprint density at radius 3 is 2.17 bits per heavy atom. The molecule has 8 nitrogen and oxygen atoms in total. The van der Waals surface area contributed by atoms with Crippen LogP contribution >= 0.6 is 0 Å². The van der Waals surface area contributed by atoms with Crippen LogP contribution in [0.3, 0.4) is 0 Å². The molecule has 1 aliphatic rings. The molecule has 1 fully saturated rings. The van der Waals surface area contributed by atoms with Crippen molar-refractivity contribution in [1.82, 2.24) is 0 Å². The summed E-state index contributed by atoms with van der Waals surface area (Å²) in [6.07, 6.45) is -8.51. The van der Waals surface area contributed by atoms with E-state index in [4.69, 9.17) is 14.2 Å². The summed E-state index contributed by atoms with van der Waals surface area (Å²) < 4.78 is 15.6. The molecule has 1 heterocycles. The first-order chi connectivity index (χ1) is 14.4. The summed E-state index contributed by atoms with van der Waals surface area (Å²) in [5.74, 6) is -2.34. The van der Waals surface area contributed by atoms with Gasteiger partial charge in [-0.05, 0) is 18.1 Å². The Morgan fingerprint density at radius 1 is 0.933 bits per heavy atom. The second-order valence-corrected chi connectivity index (χ2v) is 7.06. The Bertz CT molecular complexity index is 841. The number of rotatable bonds is 6. The highest BCUT2D eigenvalue weighted by Gasteiger charge is 2.49. The summed E-state index contributed by atoms with van der Waals surface area (Å²) >= 11 is 0. The first kappa shape index (κ1) is 21.9. The van der Waals surface area contributed by atoms with E-state index in [0.717, 1.165) is 5.56 Å². The molecule has 0 saturated carbocycles. The van der Waals surface area contributed by atoms with E-state index in [2.05, 4.69) is 0 Å². The Balaban J connectivity index is 1.65. The topological polar surface area (TPSA) is 123 Å². The van der Waals surface area contributed by atoms with Crippen molar-refractivity contribution in [2.24, 2.45) is 0 Å². The molecule has 160 valence electrons. The monoisotopic (exact) mass is 416 g/mol. The number of carbonyl (C=O) groups is 2. The number of aliphatic hydroxyl groups is 3. The molecule has 0 amide bonds. The molecular weight excluding hydrogens is 392 g/mol. The van der Waals surface area contributed by atoms with Crippen LogP contribution in [0.15, 0.2) is 60.7 Å². The number of carbonyl (C=O) groups excluding carboxylic acids is 2. The third-order valence-corrected chi connectivity index (χ3v) is 4.91. The summed E-state index contributed by atoms with van der Waals surface area (Å²) in [5, 5.41) is 30.4. The van der Waals surface area contributed by atoms with Crippen LogP contribution in [0.25, 0.3) is 0 Å². The van der Waals surface area contributed by atoms with Crippen LogP contribution in [-0.4, -0.2) is 58.0 Å². The SMILES string of the molecule is C[C@H](C(=O)O[C@@H]1O[C@H](C(=O)OCc2ccccc2)[C@@H](O)[C@H](O)[C@H]1O)c1ccccc1. The Morgan fingerprint density at radius 2 is 1.53 bits per heavy atom. The summed E-state index contributed by atoms with van der Waals surface area (Å²) in [5.41, 5.74) is 1.41. The third-order valence-electron chi connectivity index (χ3n) is 4.91. The van der Waals surface area contributed by atoms with Crippen molar-refractivity contribution in [3.05, 3.63) is 71.8 Å². The van der Waals surface area contributed by atoms with E-state index in [0.29, 0.717) is 5.56 Å². The molecule has 0 radical (unpaired) electrons. The fourth-order valence-electron chi connectivity index (χ4n) is 3.05. The molecule has 0 aromatic heterocycles. The van der Waals surface area contributed by atoms with Gasteiger partial charge < -0.3 is 29.5 Å². The van der Waals surface area contributed by atoms with Gasteiger partial charge in [0.1, 0.15) is 24.9 Å². The fraction of sp³-hybridized carbons (Fsp3) is 0.364. The van der Waals surface area contributed by atoms with Gasteiger partial charge in [0.25, 0.3) is 0 Å². The number of hydrogen-bond acceptors (Lipinski definition) is 8. The average Bonchev–Trinajstić information content (AvgIpc) is 2.78. The van der Waals surface area contributed by atoms with Gasteiger partial charge in [0.2, 0.25) is 6.29 Å². The molecule has 8 heteroatoms. The summed E-state index contributed by atoms with van der Waals surface area (Å²) in [6, 6.07) is 17.7. The Labute approximate surface area is 173 Å².